The zero-order valence-corrected chi connectivity index (χ0v) is 23.4. The van der Waals surface area contributed by atoms with E-state index in [0.717, 1.165) is 21.9 Å². The van der Waals surface area contributed by atoms with Crippen LogP contribution in [0.25, 0.3) is 34.1 Å². The Balaban J connectivity index is 1.21. The summed E-state index contributed by atoms with van der Waals surface area (Å²) in [7, 11) is 0. The van der Waals surface area contributed by atoms with Gasteiger partial charge in [0.05, 0.1) is 23.7 Å². The highest BCUT2D eigenvalue weighted by Crippen LogP contribution is 2.52. The minimum Gasteiger partial charge on any atom is -0.483 e. The maximum Gasteiger partial charge on any atom is 0.350 e. The molecule has 0 amide bonds. The molecule has 9 rings (SSSR count). The molecule has 2 saturated heterocycles. The van der Waals surface area contributed by atoms with Crippen LogP contribution in [0.2, 0.25) is 0 Å². The molecule has 0 saturated carbocycles. The van der Waals surface area contributed by atoms with Crippen molar-refractivity contribution in [3.63, 3.8) is 0 Å². The van der Waals surface area contributed by atoms with Gasteiger partial charge in [0.2, 0.25) is 11.5 Å². The normalized spacial score (nSPS) is 31.4. The van der Waals surface area contributed by atoms with Crippen LogP contribution in [0.15, 0.2) is 57.8 Å². The Labute approximate surface area is 240 Å². The summed E-state index contributed by atoms with van der Waals surface area (Å²) in [6, 6.07) is 7.71. The number of hydrogen-bond acceptors (Lipinski definition) is 10. The van der Waals surface area contributed by atoms with Crippen LogP contribution in [0.4, 0.5) is 0 Å². The molecule has 4 atom stereocenters. The molecule has 10 heteroatoms. The van der Waals surface area contributed by atoms with Gasteiger partial charge in [0.1, 0.15) is 25.4 Å². The zero-order valence-electron chi connectivity index (χ0n) is 23.4. The van der Waals surface area contributed by atoms with Gasteiger partial charge in [-0.3, -0.25) is 0 Å². The predicted octanol–water partition coefficient (Wildman–Crippen LogP) is 6.16. The van der Waals surface area contributed by atoms with Crippen molar-refractivity contribution in [2.24, 2.45) is 0 Å². The molecule has 7 heterocycles. The monoisotopic (exact) mass is 572 g/mol. The van der Waals surface area contributed by atoms with Crippen LogP contribution < -0.4 is 18.9 Å². The van der Waals surface area contributed by atoms with Crippen molar-refractivity contribution in [2.45, 2.75) is 63.1 Å². The highest BCUT2D eigenvalue weighted by atomic mass is 16.9. The molecule has 4 aromatic rings. The maximum absolute atomic E-state index is 6.52. The molecule has 0 aliphatic carbocycles. The van der Waals surface area contributed by atoms with Gasteiger partial charge >= 0.3 is 11.9 Å². The van der Waals surface area contributed by atoms with Gasteiger partial charge in [-0.2, -0.15) is 0 Å². The minimum atomic E-state index is -1.50. The van der Waals surface area contributed by atoms with E-state index in [1.54, 1.807) is 24.7 Å². The lowest BCUT2D eigenvalue weighted by molar-refractivity contribution is -0.273. The van der Waals surface area contributed by atoms with Gasteiger partial charge in [-0.15, -0.1) is 0 Å². The Morgan fingerprint density at radius 2 is 1.07 bits per heavy atom. The molecule has 5 aliphatic rings. The average molecular weight is 573 g/mol. The number of benzene rings is 2. The van der Waals surface area contributed by atoms with Crippen molar-refractivity contribution in [3.8, 4) is 23.0 Å². The Morgan fingerprint density at radius 3 is 1.52 bits per heavy atom. The highest BCUT2D eigenvalue weighted by Gasteiger charge is 2.57. The maximum atomic E-state index is 6.52. The van der Waals surface area contributed by atoms with Crippen molar-refractivity contribution in [2.75, 3.05) is 13.2 Å². The van der Waals surface area contributed by atoms with E-state index in [0.29, 0.717) is 34.2 Å². The van der Waals surface area contributed by atoms with E-state index in [2.05, 4.69) is 0 Å². The Kier molecular flexibility index (Phi) is 4.63. The summed E-state index contributed by atoms with van der Waals surface area (Å²) in [4.78, 5) is 0. The summed E-state index contributed by atoms with van der Waals surface area (Å²) in [5.41, 5.74) is 1.10. The predicted molar refractivity (Wildman–Crippen MR) is 148 cm³/mol. The molecule has 2 unspecified atom stereocenters. The Bertz CT molecular complexity index is 1710. The molecular formula is C32H28O10. The molecule has 5 aliphatic heterocycles. The number of hydrogen-bond donors (Lipinski definition) is 0. The van der Waals surface area contributed by atoms with Gasteiger partial charge in [-0.25, -0.2) is 0 Å². The molecule has 2 aromatic carbocycles. The standard InChI is InChI=1S/C32H28O10/c1-29(2)21-15-35-27-23-19(7-11-33-23)14-18-6-10-32(40-26(18)27)38-22(30(3,4)42-32)16-36-28-24-20(8-12-34-24)13-17-5-9-31(37-21,41-29)39-25(17)28/h5-14,21-22H,15-16H2,1-4H3/t21-,22-,31?,32?/m0/s1. The molecule has 10 nitrogen and oxygen atoms in total. The summed E-state index contributed by atoms with van der Waals surface area (Å²) in [5, 5.41) is 1.74. The molecular weight excluding hydrogens is 544 g/mol. The SMILES string of the molecule is CC1(C)OC23C=Cc4cc5ccoc5c(c4O2)OC[C@@H]2OC4(C=Cc5cc6ccoc6c(c5O4)OC[C@@H]1O3)OC2(C)C. The molecule has 0 radical (unpaired) electrons. The molecule has 42 heavy (non-hydrogen) atoms. The van der Waals surface area contributed by atoms with E-state index in [-0.39, 0.29) is 13.2 Å². The molecule has 2 aromatic heterocycles. The van der Waals surface area contributed by atoms with Crippen LogP contribution in [0.1, 0.15) is 38.8 Å². The third kappa shape index (κ3) is 3.40. The van der Waals surface area contributed by atoms with Crippen LogP contribution >= 0.6 is 0 Å². The fourth-order valence-corrected chi connectivity index (χ4v) is 6.24. The smallest absolute Gasteiger partial charge is 0.350 e. The van der Waals surface area contributed by atoms with Crippen molar-refractivity contribution in [1.82, 2.24) is 0 Å². The lowest BCUT2D eigenvalue weighted by Crippen LogP contribution is -2.40. The van der Waals surface area contributed by atoms with E-state index < -0.39 is 35.4 Å². The van der Waals surface area contributed by atoms with E-state index >= 15 is 0 Å². The Hall–Kier alpha value is -3.96. The summed E-state index contributed by atoms with van der Waals surface area (Å²) in [6.45, 7) is 7.96. The van der Waals surface area contributed by atoms with Gasteiger partial charge in [-0.05, 0) is 64.1 Å². The summed E-state index contributed by atoms with van der Waals surface area (Å²) >= 11 is 0. The van der Waals surface area contributed by atoms with Crippen LogP contribution in [-0.2, 0) is 18.9 Å². The van der Waals surface area contributed by atoms with E-state index in [1.807, 2.05) is 64.1 Å². The van der Waals surface area contributed by atoms with Crippen LogP contribution in [-0.4, -0.2) is 48.6 Å². The van der Waals surface area contributed by atoms with Crippen molar-refractivity contribution < 1.29 is 46.7 Å². The van der Waals surface area contributed by atoms with Crippen LogP contribution in [0.3, 0.4) is 0 Å². The molecule has 6 bridgehead atoms. The number of ether oxygens (including phenoxy) is 8. The van der Waals surface area contributed by atoms with E-state index in [9.17, 15) is 0 Å². The fraction of sp³-hybridized carbons (Fsp3) is 0.375. The third-order valence-corrected chi connectivity index (χ3v) is 8.52. The topological polar surface area (TPSA) is 100 Å². The second kappa shape index (κ2) is 7.90. The second-order valence-electron chi connectivity index (χ2n) is 12.2. The molecule has 2 spiro atoms. The largest absolute Gasteiger partial charge is 0.483 e. The summed E-state index contributed by atoms with van der Waals surface area (Å²) in [6.07, 6.45) is 9.52. The quantitative estimate of drug-likeness (QED) is 0.244. The third-order valence-electron chi connectivity index (χ3n) is 8.52. The number of rotatable bonds is 0. The minimum absolute atomic E-state index is 0.113. The molecule has 2 fully saturated rings. The Morgan fingerprint density at radius 1 is 0.619 bits per heavy atom. The summed E-state index contributed by atoms with van der Waals surface area (Å²) in [5.74, 6) is -1.29. The van der Waals surface area contributed by atoms with Crippen molar-refractivity contribution in [1.29, 1.82) is 0 Å². The first-order valence-electron chi connectivity index (χ1n) is 14.0. The number of furan rings is 2. The van der Waals surface area contributed by atoms with Crippen molar-refractivity contribution in [3.05, 3.63) is 60.1 Å². The highest BCUT2D eigenvalue weighted by molar-refractivity contribution is 5.91. The summed E-state index contributed by atoms with van der Waals surface area (Å²) < 4.78 is 63.6. The van der Waals surface area contributed by atoms with Gasteiger partial charge in [-0.1, -0.05) is 0 Å². The average Bonchev–Trinajstić information content (AvgIpc) is 3.69. The lowest BCUT2D eigenvalue weighted by Gasteiger charge is -2.31. The van der Waals surface area contributed by atoms with Gasteiger partial charge < -0.3 is 46.7 Å². The van der Waals surface area contributed by atoms with E-state index in [1.165, 1.54) is 0 Å². The lowest BCUT2D eigenvalue weighted by atomic mass is 10.0. The molecule has 216 valence electrons. The molecule has 0 N–H and O–H groups in total. The van der Waals surface area contributed by atoms with Crippen LogP contribution in [0.5, 0.6) is 23.0 Å². The van der Waals surface area contributed by atoms with Gasteiger partial charge in [0.25, 0.3) is 0 Å². The first-order valence-corrected chi connectivity index (χ1v) is 14.0. The van der Waals surface area contributed by atoms with E-state index in [4.69, 9.17) is 46.7 Å². The first-order chi connectivity index (χ1) is 20.1. The zero-order chi connectivity index (χ0) is 28.5. The van der Waals surface area contributed by atoms with Crippen molar-refractivity contribution >= 4 is 34.1 Å². The van der Waals surface area contributed by atoms with Crippen LogP contribution in [0, 0.1) is 0 Å². The van der Waals surface area contributed by atoms with Gasteiger partial charge in [0.15, 0.2) is 22.7 Å². The number of fused-ring (bicyclic) bond motifs is 6. The second-order valence-corrected chi connectivity index (χ2v) is 12.2. The fourth-order valence-electron chi connectivity index (χ4n) is 6.24. The first kappa shape index (κ1) is 24.6. The van der Waals surface area contributed by atoms with Gasteiger partial charge in [0, 0.05) is 34.1 Å².